The van der Waals surface area contributed by atoms with Gasteiger partial charge in [0.05, 0.1) is 56.8 Å². The van der Waals surface area contributed by atoms with Crippen molar-refractivity contribution in [1.82, 2.24) is 9.88 Å². The van der Waals surface area contributed by atoms with Crippen molar-refractivity contribution in [3.8, 4) is 17.7 Å². The van der Waals surface area contributed by atoms with Gasteiger partial charge in [-0.05, 0) is 42.6 Å². The number of nitrogens with zero attached hydrogens (tertiary/aromatic N) is 2. The molecule has 3 aromatic rings. The number of pyridine rings is 1. The number of methoxy groups -OCH3 is 1. The molecule has 39 heavy (non-hydrogen) atoms. The third-order valence-electron chi connectivity index (χ3n) is 6.28. The molecule has 7 nitrogen and oxygen atoms in total. The van der Waals surface area contributed by atoms with E-state index in [2.05, 4.69) is 27.5 Å². The van der Waals surface area contributed by atoms with Gasteiger partial charge in [-0.2, -0.15) is 13.2 Å². The first kappa shape index (κ1) is 28.9. The number of hydrogen-bond donors (Lipinski definition) is 3. The van der Waals surface area contributed by atoms with Crippen LogP contribution in [0.5, 0.6) is 5.88 Å². The van der Waals surface area contributed by atoms with Gasteiger partial charge < -0.3 is 20.3 Å². The molecule has 0 amide bonds. The van der Waals surface area contributed by atoms with E-state index in [-0.39, 0.29) is 23.0 Å². The Kier molecular flexibility index (Phi) is 8.58. The summed E-state index contributed by atoms with van der Waals surface area (Å²) in [6, 6.07) is 7.65. The largest absolute Gasteiger partial charge is 0.479 e. The van der Waals surface area contributed by atoms with Crippen molar-refractivity contribution in [2.75, 3.05) is 50.7 Å². The molecule has 4 rings (SSSR count). The van der Waals surface area contributed by atoms with Gasteiger partial charge >= 0.3 is 6.18 Å². The van der Waals surface area contributed by atoms with E-state index >= 15 is 0 Å². The first-order valence-electron chi connectivity index (χ1n) is 12.1. The van der Waals surface area contributed by atoms with Gasteiger partial charge in [-0.3, -0.25) is 0 Å². The smallest absolute Gasteiger partial charge is 0.393 e. The molecule has 0 aliphatic carbocycles. The van der Waals surface area contributed by atoms with E-state index in [1.54, 1.807) is 24.3 Å². The molecule has 1 unspecified atom stereocenters. The highest BCUT2D eigenvalue weighted by molar-refractivity contribution is 7.91. The number of thiophene rings is 1. The molecule has 3 N–H and O–H groups in total. The van der Waals surface area contributed by atoms with E-state index in [1.807, 2.05) is 11.9 Å². The molecule has 3 heterocycles. The minimum atomic E-state index is -4.43. The number of nitrogens with one attached hydrogen (secondary N) is 3. The summed E-state index contributed by atoms with van der Waals surface area (Å²) >= 11 is 1.15. The quantitative estimate of drug-likeness (QED) is 0.256. The first-order chi connectivity index (χ1) is 18.4. The fraction of sp³-hybridized carbons (Fsp3) is 0.423. The van der Waals surface area contributed by atoms with Gasteiger partial charge in [0.1, 0.15) is 11.2 Å². The Morgan fingerprint density at radius 3 is 2.72 bits per heavy atom. The summed E-state index contributed by atoms with van der Waals surface area (Å²) in [5, 5.41) is 6.74. The molecule has 1 aliphatic rings. The number of fused-ring (bicyclic) bond motifs is 1. The average Bonchev–Trinajstić information content (AvgIpc) is 3.19. The Labute approximate surface area is 228 Å². The van der Waals surface area contributed by atoms with E-state index in [1.165, 1.54) is 19.4 Å². The first-order valence-corrected chi connectivity index (χ1v) is 14.9. The molecule has 0 radical (unpaired) electrons. The molecule has 13 heteroatoms. The van der Waals surface area contributed by atoms with Crippen LogP contribution in [0.3, 0.4) is 0 Å². The van der Waals surface area contributed by atoms with Crippen LogP contribution in [-0.4, -0.2) is 72.5 Å². The topological polar surface area (TPSA) is 90.3 Å². The Morgan fingerprint density at radius 2 is 2.05 bits per heavy atom. The molecule has 0 spiro atoms. The molecule has 1 aromatic carbocycles. The van der Waals surface area contributed by atoms with Crippen molar-refractivity contribution in [2.24, 2.45) is 0 Å². The fourth-order valence-corrected chi connectivity index (χ4v) is 6.13. The molecule has 0 bridgehead atoms. The molecule has 1 saturated heterocycles. The lowest BCUT2D eigenvalue weighted by atomic mass is 10.0. The van der Waals surface area contributed by atoms with Crippen LogP contribution in [0.2, 0.25) is 0 Å². The molecular formula is C26H29F4N5O2S2. The molecule has 0 saturated carbocycles. The van der Waals surface area contributed by atoms with Crippen LogP contribution in [0.15, 0.2) is 35.4 Å². The monoisotopic (exact) mass is 583 g/mol. The molecule has 3 atom stereocenters. The van der Waals surface area contributed by atoms with Crippen molar-refractivity contribution in [2.45, 2.75) is 36.3 Å². The highest BCUT2D eigenvalue weighted by atomic mass is 32.2. The minimum absolute atomic E-state index is 0.0711. The summed E-state index contributed by atoms with van der Waals surface area (Å²) in [6.07, 6.45) is -4.81. The van der Waals surface area contributed by atoms with Crippen LogP contribution in [0.1, 0.15) is 16.9 Å². The molecule has 2 aromatic heterocycles. The summed E-state index contributed by atoms with van der Waals surface area (Å²) in [5.41, 5.74) is 1.13. The standard InChI is InChI=1S/C26H29F4N5O2S2/c1-35-13-11-19(18(27)15-35)33-20-7-4-6-16-17(14-26(28,29)30)22(38-24(16)20)8-5-12-32-21-9-10-23(39(3,31)36)34-25(21)37-2/h4,6-7,9-10,18-19,31-33H,11-15H2,1-3H3/t18-,19+,39?/m0/s1. The van der Waals surface area contributed by atoms with Crippen LogP contribution < -0.4 is 15.4 Å². The Hall–Kier alpha value is -3.08. The zero-order valence-electron chi connectivity index (χ0n) is 21.6. The van der Waals surface area contributed by atoms with Gasteiger partial charge in [0.15, 0.2) is 0 Å². The van der Waals surface area contributed by atoms with Crippen LogP contribution in [0.25, 0.3) is 10.1 Å². The highest BCUT2D eigenvalue weighted by Gasteiger charge is 2.32. The van der Waals surface area contributed by atoms with Gasteiger partial charge in [-0.25, -0.2) is 18.4 Å². The van der Waals surface area contributed by atoms with Gasteiger partial charge in [0.2, 0.25) is 5.88 Å². The Morgan fingerprint density at radius 1 is 1.28 bits per heavy atom. The van der Waals surface area contributed by atoms with E-state index in [9.17, 15) is 21.8 Å². The summed E-state index contributed by atoms with van der Waals surface area (Å²) in [7, 11) is 0.208. The molecule has 1 aliphatic heterocycles. The van der Waals surface area contributed by atoms with Gasteiger partial charge in [-0.1, -0.05) is 24.0 Å². The normalized spacial score (nSPS) is 19.7. The predicted molar refractivity (Wildman–Crippen MR) is 147 cm³/mol. The lowest BCUT2D eigenvalue weighted by Gasteiger charge is -2.33. The van der Waals surface area contributed by atoms with Gasteiger partial charge in [0.25, 0.3) is 0 Å². The number of hydrogen-bond acceptors (Lipinski definition) is 8. The number of rotatable bonds is 7. The number of halogens is 4. The van der Waals surface area contributed by atoms with Gasteiger partial charge in [-0.15, -0.1) is 11.3 Å². The molecule has 1 fully saturated rings. The van der Waals surface area contributed by atoms with Crippen molar-refractivity contribution >= 4 is 42.5 Å². The second-order valence-electron chi connectivity index (χ2n) is 9.41. The van der Waals surface area contributed by atoms with E-state index < -0.39 is 34.5 Å². The lowest BCUT2D eigenvalue weighted by Crippen LogP contribution is -2.46. The van der Waals surface area contributed by atoms with E-state index in [0.717, 1.165) is 17.9 Å². The average molecular weight is 584 g/mol. The number of aromatic nitrogens is 1. The van der Waals surface area contributed by atoms with Crippen molar-refractivity contribution in [3.63, 3.8) is 0 Å². The maximum atomic E-state index is 14.7. The number of anilines is 2. The maximum absolute atomic E-state index is 14.7. The van der Waals surface area contributed by atoms with Crippen LogP contribution in [-0.2, 0) is 16.1 Å². The second kappa shape index (κ2) is 11.6. The highest BCUT2D eigenvalue weighted by Crippen LogP contribution is 2.39. The number of piperidine rings is 1. The minimum Gasteiger partial charge on any atom is -0.479 e. The van der Waals surface area contributed by atoms with Crippen LogP contribution >= 0.6 is 11.3 Å². The van der Waals surface area contributed by atoms with Crippen molar-refractivity contribution in [1.29, 1.82) is 4.78 Å². The third kappa shape index (κ3) is 7.12. The summed E-state index contributed by atoms with van der Waals surface area (Å²) in [4.78, 5) is 6.30. The Balaban J connectivity index is 1.61. The maximum Gasteiger partial charge on any atom is 0.393 e. The molecular weight excluding hydrogens is 554 g/mol. The van der Waals surface area contributed by atoms with Crippen molar-refractivity contribution < 1.29 is 26.5 Å². The number of ether oxygens (including phenoxy) is 1. The zero-order valence-corrected chi connectivity index (χ0v) is 23.2. The summed E-state index contributed by atoms with van der Waals surface area (Å²) in [6.45, 7) is 1.10. The van der Waals surface area contributed by atoms with Crippen molar-refractivity contribution in [3.05, 3.63) is 40.8 Å². The summed E-state index contributed by atoms with van der Waals surface area (Å²) in [5.74, 6) is 5.87. The van der Waals surface area contributed by atoms with E-state index in [0.29, 0.717) is 39.3 Å². The molecule has 210 valence electrons. The van der Waals surface area contributed by atoms with Crippen LogP contribution in [0, 0.1) is 16.6 Å². The predicted octanol–water partition coefficient (Wildman–Crippen LogP) is 5.36. The van der Waals surface area contributed by atoms with E-state index in [4.69, 9.17) is 9.52 Å². The van der Waals surface area contributed by atoms with Crippen LogP contribution in [0.4, 0.5) is 28.9 Å². The number of benzene rings is 1. The van der Waals surface area contributed by atoms with Gasteiger partial charge in [0, 0.05) is 19.3 Å². The lowest BCUT2D eigenvalue weighted by molar-refractivity contribution is -0.126. The number of alkyl halides is 4. The summed E-state index contributed by atoms with van der Waals surface area (Å²) < 4.78 is 80.7. The third-order valence-corrected chi connectivity index (χ3v) is 8.50. The number of likely N-dealkylation sites (tertiary alicyclic amines) is 1. The Bertz CT molecular complexity index is 1510. The zero-order chi connectivity index (χ0) is 28.4. The fourth-order valence-electron chi connectivity index (χ4n) is 4.37. The SMILES string of the molecule is COc1nc(S(C)(=N)=O)ccc1NCC#Cc1sc2c(N[C@@H]3CCN(C)C[C@@H]3F)cccc2c1CC(F)(F)F. The second-order valence-corrected chi connectivity index (χ2v) is 12.5.